The Bertz CT molecular complexity index is 481. The molecule has 0 amide bonds. The van der Waals surface area contributed by atoms with Gasteiger partial charge in [0, 0.05) is 6.42 Å². The zero-order valence-corrected chi connectivity index (χ0v) is 12.1. The summed E-state index contributed by atoms with van der Waals surface area (Å²) in [5.41, 5.74) is 0.0607. The molecule has 0 atom stereocenters. The summed E-state index contributed by atoms with van der Waals surface area (Å²) in [6.07, 6.45) is 2.45. The van der Waals surface area contributed by atoms with Gasteiger partial charge < -0.3 is 0 Å². The molecule has 4 heteroatoms. The highest BCUT2D eigenvalue weighted by molar-refractivity contribution is 6.31. The van der Waals surface area contributed by atoms with Crippen molar-refractivity contribution in [1.82, 2.24) is 4.90 Å². The van der Waals surface area contributed by atoms with Gasteiger partial charge in [0.15, 0.2) is 5.78 Å². The second kappa shape index (κ2) is 5.59. The van der Waals surface area contributed by atoms with Crippen LogP contribution in [0.5, 0.6) is 0 Å². The molecular formula is C15H19ClFNO. The third kappa shape index (κ3) is 2.98. The molecule has 1 heterocycles. The third-order valence-corrected chi connectivity index (χ3v) is 4.38. The van der Waals surface area contributed by atoms with Crippen LogP contribution in [-0.4, -0.2) is 29.3 Å². The molecule has 1 saturated heterocycles. The van der Waals surface area contributed by atoms with Crippen LogP contribution in [0.3, 0.4) is 0 Å². The van der Waals surface area contributed by atoms with Crippen LogP contribution >= 0.6 is 11.6 Å². The van der Waals surface area contributed by atoms with Crippen LogP contribution in [0.4, 0.5) is 4.39 Å². The highest BCUT2D eigenvalue weighted by Gasteiger charge is 2.35. The second-order valence-corrected chi connectivity index (χ2v) is 5.94. The smallest absolute Gasteiger partial charge is 0.156 e. The van der Waals surface area contributed by atoms with Gasteiger partial charge in [-0.2, -0.15) is 0 Å². The van der Waals surface area contributed by atoms with E-state index in [9.17, 15) is 9.18 Å². The van der Waals surface area contributed by atoms with Gasteiger partial charge in [-0.1, -0.05) is 23.7 Å². The Morgan fingerprint density at radius 2 is 2.00 bits per heavy atom. The van der Waals surface area contributed by atoms with E-state index < -0.39 is 11.4 Å². The van der Waals surface area contributed by atoms with Crippen LogP contribution in [0.2, 0.25) is 5.02 Å². The molecule has 2 nitrogen and oxygen atoms in total. The largest absolute Gasteiger partial charge is 0.297 e. The lowest BCUT2D eigenvalue weighted by atomic mass is 9.92. The van der Waals surface area contributed by atoms with E-state index in [4.69, 9.17) is 11.6 Å². The maximum Gasteiger partial charge on any atom is 0.156 e. The molecule has 0 bridgehead atoms. The maximum absolute atomic E-state index is 13.4. The van der Waals surface area contributed by atoms with Gasteiger partial charge in [-0.15, -0.1) is 0 Å². The van der Waals surface area contributed by atoms with E-state index in [1.807, 2.05) is 13.8 Å². The van der Waals surface area contributed by atoms with Crippen LogP contribution in [0, 0.1) is 5.82 Å². The highest BCUT2D eigenvalue weighted by Crippen LogP contribution is 2.26. The third-order valence-electron chi connectivity index (χ3n) is 3.96. The maximum atomic E-state index is 13.4. The number of halogens is 2. The van der Waals surface area contributed by atoms with Crippen LogP contribution in [0.15, 0.2) is 18.2 Å². The molecule has 0 N–H and O–H groups in total. The first-order valence-electron chi connectivity index (χ1n) is 6.64. The lowest BCUT2D eigenvalue weighted by Gasteiger charge is -2.34. The van der Waals surface area contributed by atoms with Crippen molar-refractivity contribution in [1.29, 1.82) is 0 Å². The van der Waals surface area contributed by atoms with E-state index in [1.165, 1.54) is 6.07 Å². The molecule has 0 aliphatic carbocycles. The van der Waals surface area contributed by atoms with Gasteiger partial charge in [0.25, 0.3) is 0 Å². The van der Waals surface area contributed by atoms with Gasteiger partial charge in [0.1, 0.15) is 5.82 Å². The molecule has 104 valence electrons. The minimum Gasteiger partial charge on any atom is -0.297 e. The van der Waals surface area contributed by atoms with Crippen molar-refractivity contribution in [3.8, 4) is 0 Å². The van der Waals surface area contributed by atoms with E-state index in [1.54, 1.807) is 12.1 Å². The van der Waals surface area contributed by atoms with Crippen molar-refractivity contribution in [3.63, 3.8) is 0 Å². The van der Waals surface area contributed by atoms with Gasteiger partial charge in [0.2, 0.25) is 0 Å². The number of hydrogen-bond acceptors (Lipinski definition) is 2. The molecule has 0 aromatic heterocycles. The first-order chi connectivity index (χ1) is 8.93. The van der Waals surface area contributed by atoms with E-state index in [0.717, 1.165) is 25.9 Å². The number of carbonyl (C=O) groups is 1. The molecule has 2 rings (SSSR count). The van der Waals surface area contributed by atoms with Crippen molar-refractivity contribution in [2.45, 2.75) is 38.6 Å². The van der Waals surface area contributed by atoms with Gasteiger partial charge in [-0.25, -0.2) is 4.39 Å². The number of likely N-dealkylation sites (tertiary alicyclic amines) is 1. The van der Waals surface area contributed by atoms with Crippen LogP contribution in [0.1, 0.15) is 32.3 Å². The molecule has 1 aromatic carbocycles. The number of nitrogens with zero attached hydrogens (tertiary/aromatic N) is 1. The monoisotopic (exact) mass is 283 g/mol. The van der Waals surface area contributed by atoms with Crippen molar-refractivity contribution in [2.75, 3.05) is 13.1 Å². The Balaban J connectivity index is 2.14. The second-order valence-electron chi connectivity index (χ2n) is 5.57. The summed E-state index contributed by atoms with van der Waals surface area (Å²) in [5.74, 6) is -0.382. The summed E-state index contributed by atoms with van der Waals surface area (Å²) in [6, 6.07) is 4.61. The summed E-state index contributed by atoms with van der Waals surface area (Å²) in [4.78, 5) is 14.7. The predicted molar refractivity (Wildman–Crippen MR) is 75.0 cm³/mol. The molecule has 1 aliphatic heterocycles. The van der Waals surface area contributed by atoms with E-state index >= 15 is 0 Å². The normalized spacial score (nSPS) is 16.8. The number of Topliss-reactive ketones (excluding diaryl/α,β-unsaturated/α-hetero) is 1. The van der Waals surface area contributed by atoms with Crippen molar-refractivity contribution in [3.05, 3.63) is 34.6 Å². The van der Waals surface area contributed by atoms with E-state index in [-0.39, 0.29) is 17.2 Å². The van der Waals surface area contributed by atoms with Gasteiger partial charge in [0.05, 0.1) is 10.6 Å². The molecule has 0 spiro atoms. The number of hydrogen-bond donors (Lipinski definition) is 0. The fourth-order valence-corrected chi connectivity index (χ4v) is 2.72. The predicted octanol–water partition coefficient (Wildman–Crippen LogP) is 3.47. The Labute approximate surface area is 118 Å². The minimum atomic E-state index is -0.508. The molecule has 1 aromatic rings. The highest BCUT2D eigenvalue weighted by atomic mass is 35.5. The lowest BCUT2D eigenvalue weighted by molar-refractivity contribution is -0.128. The summed E-state index contributed by atoms with van der Waals surface area (Å²) < 4.78 is 13.4. The van der Waals surface area contributed by atoms with E-state index in [0.29, 0.717) is 5.56 Å². The quantitative estimate of drug-likeness (QED) is 0.843. The molecule has 19 heavy (non-hydrogen) atoms. The summed E-state index contributed by atoms with van der Waals surface area (Å²) in [7, 11) is 0. The van der Waals surface area contributed by atoms with Gasteiger partial charge >= 0.3 is 0 Å². The van der Waals surface area contributed by atoms with Crippen LogP contribution in [-0.2, 0) is 11.2 Å². The molecule has 1 fully saturated rings. The Morgan fingerprint density at radius 3 is 2.63 bits per heavy atom. The van der Waals surface area contributed by atoms with Crippen LogP contribution < -0.4 is 0 Å². The number of carbonyl (C=O) groups excluding carboxylic acids is 1. The van der Waals surface area contributed by atoms with Crippen molar-refractivity contribution < 1.29 is 9.18 Å². The fourth-order valence-electron chi connectivity index (χ4n) is 2.53. The summed E-state index contributed by atoms with van der Waals surface area (Å²) in [6.45, 7) is 5.78. The summed E-state index contributed by atoms with van der Waals surface area (Å²) >= 11 is 5.91. The number of benzene rings is 1. The lowest BCUT2D eigenvalue weighted by Crippen LogP contribution is -2.49. The average Bonchev–Trinajstić information content (AvgIpc) is 2.89. The van der Waals surface area contributed by atoms with E-state index in [2.05, 4.69) is 4.90 Å². The zero-order valence-electron chi connectivity index (χ0n) is 11.4. The topological polar surface area (TPSA) is 20.3 Å². The number of rotatable bonds is 4. The molecule has 1 aliphatic rings. The van der Waals surface area contributed by atoms with Gasteiger partial charge in [-0.05, 0) is 51.4 Å². The Kier molecular flexibility index (Phi) is 4.26. The van der Waals surface area contributed by atoms with Crippen molar-refractivity contribution in [2.24, 2.45) is 0 Å². The fraction of sp³-hybridized carbons (Fsp3) is 0.533. The van der Waals surface area contributed by atoms with Crippen LogP contribution in [0.25, 0.3) is 0 Å². The van der Waals surface area contributed by atoms with Crippen molar-refractivity contribution >= 4 is 17.4 Å². The molecule has 0 unspecified atom stereocenters. The first kappa shape index (κ1) is 14.5. The zero-order chi connectivity index (χ0) is 14.0. The standard InChI is InChI=1S/C15H19ClFNO/c1-15(2,18-8-3-4-9-18)13(19)10-11-6-5-7-12(17)14(11)16/h5-7H,3-4,8-10H2,1-2H3. The molecular weight excluding hydrogens is 265 g/mol. The van der Waals surface area contributed by atoms with Gasteiger partial charge in [-0.3, -0.25) is 9.69 Å². The Hall–Kier alpha value is -0.930. The summed E-state index contributed by atoms with van der Waals surface area (Å²) in [5, 5.41) is 0.0630. The minimum absolute atomic E-state index is 0.0630. The SMILES string of the molecule is CC(C)(C(=O)Cc1cccc(F)c1Cl)N1CCCC1. The molecule has 0 radical (unpaired) electrons. The average molecular weight is 284 g/mol. The first-order valence-corrected chi connectivity index (χ1v) is 7.02. The number of ketones is 1. The molecule has 0 saturated carbocycles. The Morgan fingerprint density at radius 1 is 1.37 bits per heavy atom.